The predicted octanol–water partition coefficient (Wildman–Crippen LogP) is 3.07. The Bertz CT molecular complexity index is 1400. The zero-order valence-corrected chi connectivity index (χ0v) is 20.7. The molecule has 2 N–H and O–H groups in total. The number of piperidine rings is 1. The Kier molecular flexibility index (Phi) is 6.98. The number of nitrogens with zero attached hydrogens (tertiary/aromatic N) is 3. The van der Waals surface area contributed by atoms with Crippen molar-refractivity contribution in [2.24, 2.45) is 0 Å². The summed E-state index contributed by atoms with van der Waals surface area (Å²) in [7, 11) is -7.70. The van der Waals surface area contributed by atoms with Crippen molar-refractivity contribution < 1.29 is 21.6 Å². The molecule has 0 radical (unpaired) electrons. The third-order valence-corrected chi connectivity index (χ3v) is 9.81. The van der Waals surface area contributed by atoms with Gasteiger partial charge in [0.15, 0.2) is 0 Å². The molecule has 0 unspecified atom stereocenters. The lowest BCUT2D eigenvalue weighted by molar-refractivity contribution is 0.102. The van der Waals surface area contributed by atoms with Gasteiger partial charge in [-0.05, 0) is 55.7 Å². The molecular formula is C21H23N5O5S3. The summed E-state index contributed by atoms with van der Waals surface area (Å²) in [6.45, 7) is 2.75. The molecule has 0 bridgehead atoms. The molecule has 0 spiro atoms. The molecule has 1 aromatic heterocycles. The summed E-state index contributed by atoms with van der Waals surface area (Å²) < 4.78 is 54.4. The van der Waals surface area contributed by atoms with Crippen molar-refractivity contribution in [1.29, 1.82) is 0 Å². The van der Waals surface area contributed by atoms with Gasteiger partial charge >= 0.3 is 0 Å². The Morgan fingerprint density at radius 3 is 2.29 bits per heavy atom. The maximum atomic E-state index is 12.8. The number of hydrogen-bond donors (Lipinski definition) is 2. The SMILES string of the molecule is Cc1ccccc1C(=O)Nc1nnc(S(=O)(=O)Nc2ccc(S(=O)(=O)N3CCCCC3)cc2)s1. The molecule has 0 saturated carbocycles. The second-order valence-electron chi connectivity index (χ2n) is 7.74. The van der Waals surface area contributed by atoms with E-state index in [-0.39, 0.29) is 20.1 Å². The highest BCUT2D eigenvalue weighted by molar-refractivity contribution is 7.94. The van der Waals surface area contributed by atoms with E-state index in [2.05, 4.69) is 20.2 Å². The maximum absolute atomic E-state index is 12.8. The number of anilines is 2. The van der Waals surface area contributed by atoms with Crippen LogP contribution in [0.25, 0.3) is 0 Å². The van der Waals surface area contributed by atoms with Crippen LogP contribution in [0.4, 0.5) is 10.8 Å². The van der Waals surface area contributed by atoms with E-state index in [1.54, 1.807) is 25.1 Å². The smallest absolute Gasteiger partial charge is 0.291 e. The molecule has 2 aromatic carbocycles. The third-order valence-electron chi connectivity index (χ3n) is 5.31. The lowest BCUT2D eigenvalue weighted by Gasteiger charge is -2.25. The number of rotatable bonds is 7. The van der Waals surface area contributed by atoms with Crippen LogP contribution in [-0.4, -0.2) is 50.3 Å². The number of aryl methyl sites for hydroxylation is 1. The Morgan fingerprint density at radius 2 is 1.62 bits per heavy atom. The number of amides is 1. The second-order valence-corrected chi connectivity index (χ2v) is 12.5. The lowest BCUT2D eigenvalue weighted by atomic mass is 10.1. The summed E-state index contributed by atoms with van der Waals surface area (Å²) in [6, 6.07) is 12.5. The number of benzene rings is 2. The Balaban J connectivity index is 1.45. The Labute approximate surface area is 202 Å². The topological polar surface area (TPSA) is 138 Å². The normalized spacial score (nSPS) is 15.1. The quantitative estimate of drug-likeness (QED) is 0.456. The number of carbonyl (C=O) groups excluding carboxylic acids is 1. The van der Waals surface area contributed by atoms with Crippen molar-refractivity contribution in [3.05, 3.63) is 59.7 Å². The zero-order valence-electron chi connectivity index (χ0n) is 18.3. The van der Waals surface area contributed by atoms with Gasteiger partial charge in [0.1, 0.15) is 0 Å². The van der Waals surface area contributed by atoms with Gasteiger partial charge in [-0.3, -0.25) is 14.8 Å². The van der Waals surface area contributed by atoms with Gasteiger partial charge in [0.2, 0.25) is 15.2 Å². The summed E-state index contributed by atoms with van der Waals surface area (Å²) in [5.41, 5.74) is 1.39. The van der Waals surface area contributed by atoms with Gasteiger partial charge < -0.3 is 0 Å². The van der Waals surface area contributed by atoms with Gasteiger partial charge in [0.05, 0.1) is 4.90 Å². The van der Waals surface area contributed by atoms with Crippen LogP contribution in [0.2, 0.25) is 0 Å². The highest BCUT2D eigenvalue weighted by atomic mass is 32.2. The monoisotopic (exact) mass is 521 g/mol. The molecule has 34 heavy (non-hydrogen) atoms. The summed E-state index contributed by atoms with van der Waals surface area (Å²) in [6.07, 6.45) is 2.66. The molecule has 10 nitrogen and oxygen atoms in total. The molecule has 3 aromatic rings. The fraction of sp³-hybridized carbons (Fsp3) is 0.286. The highest BCUT2D eigenvalue weighted by Crippen LogP contribution is 2.25. The minimum Gasteiger partial charge on any atom is -0.296 e. The van der Waals surface area contributed by atoms with Crippen molar-refractivity contribution in [3.63, 3.8) is 0 Å². The molecule has 2 heterocycles. The maximum Gasteiger partial charge on any atom is 0.291 e. The summed E-state index contributed by atoms with van der Waals surface area (Å²) in [5.74, 6) is -0.420. The van der Waals surface area contributed by atoms with Crippen LogP contribution in [-0.2, 0) is 20.0 Å². The summed E-state index contributed by atoms with van der Waals surface area (Å²) in [4.78, 5) is 12.5. The van der Waals surface area contributed by atoms with Crippen molar-refractivity contribution in [3.8, 4) is 0 Å². The molecule has 4 rings (SSSR count). The first kappa shape index (κ1) is 24.3. The van der Waals surface area contributed by atoms with E-state index >= 15 is 0 Å². The molecule has 1 aliphatic heterocycles. The predicted molar refractivity (Wildman–Crippen MR) is 129 cm³/mol. The second kappa shape index (κ2) is 9.78. The highest BCUT2D eigenvalue weighted by Gasteiger charge is 2.26. The fourth-order valence-corrected chi connectivity index (χ4v) is 6.98. The van der Waals surface area contributed by atoms with Gasteiger partial charge in [-0.25, -0.2) is 8.42 Å². The summed E-state index contributed by atoms with van der Waals surface area (Å²) >= 11 is 0.707. The molecule has 180 valence electrons. The van der Waals surface area contributed by atoms with Crippen LogP contribution in [0.15, 0.2) is 57.8 Å². The van der Waals surface area contributed by atoms with Crippen molar-refractivity contribution >= 4 is 48.1 Å². The van der Waals surface area contributed by atoms with Crippen LogP contribution < -0.4 is 10.0 Å². The Hall–Kier alpha value is -2.87. The molecule has 0 atom stereocenters. The van der Waals surface area contributed by atoms with Crippen LogP contribution in [0, 0.1) is 6.92 Å². The van der Waals surface area contributed by atoms with E-state index in [1.165, 1.54) is 28.6 Å². The van der Waals surface area contributed by atoms with E-state index in [1.807, 2.05) is 6.07 Å². The zero-order chi connectivity index (χ0) is 24.3. The Morgan fingerprint density at radius 1 is 0.941 bits per heavy atom. The van der Waals surface area contributed by atoms with Gasteiger partial charge in [-0.1, -0.05) is 36.0 Å². The minimum absolute atomic E-state index is 0.0385. The molecule has 1 aliphatic rings. The first-order valence-corrected chi connectivity index (χ1v) is 14.2. The van der Waals surface area contributed by atoms with Gasteiger partial charge in [0.25, 0.3) is 20.3 Å². The minimum atomic E-state index is -4.09. The van der Waals surface area contributed by atoms with Crippen LogP contribution in [0.1, 0.15) is 35.2 Å². The van der Waals surface area contributed by atoms with Gasteiger partial charge in [-0.15, -0.1) is 10.2 Å². The number of aromatic nitrogens is 2. The van der Waals surface area contributed by atoms with Crippen LogP contribution in [0.5, 0.6) is 0 Å². The van der Waals surface area contributed by atoms with Crippen molar-refractivity contribution in [1.82, 2.24) is 14.5 Å². The first-order valence-electron chi connectivity index (χ1n) is 10.5. The van der Waals surface area contributed by atoms with E-state index in [0.717, 1.165) is 24.8 Å². The van der Waals surface area contributed by atoms with Crippen molar-refractivity contribution in [2.45, 2.75) is 35.4 Å². The van der Waals surface area contributed by atoms with E-state index in [4.69, 9.17) is 0 Å². The molecule has 13 heteroatoms. The van der Waals surface area contributed by atoms with E-state index in [0.29, 0.717) is 30.0 Å². The fourth-order valence-electron chi connectivity index (χ4n) is 3.51. The van der Waals surface area contributed by atoms with Crippen LogP contribution in [0.3, 0.4) is 0 Å². The van der Waals surface area contributed by atoms with E-state index in [9.17, 15) is 21.6 Å². The summed E-state index contributed by atoms with van der Waals surface area (Å²) in [5, 5.41) is 10.0. The third kappa shape index (κ3) is 5.27. The number of sulfonamides is 2. The molecule has 0 aliphatic carbocycles. The molecule has 1 fully saturated rings. The van der Waals surface area contributed by atoms with Crippen molar-refractivity contribution in [2.75, 3.05) is 23.1 Å². The van der Waals surface area contributed by atoms with Gasteiger partial charge in [-0.2, -0.15) is 12.7 Å². The molecule has 1 amide bonds. The lowest BCUT2D eigenvalue weighted by Crippen LogP contribution is -2.35. The number of carbonyl (C=O) groups is 1. The average Bonchev–Trinajstić information content (AvgIpc) is 3.29. The number of hydrogen-bond acceptors (Lipinski definition) is 8. The standard InChI is InChI=1S/C21H23N5O5S3/c1-15-7-3-4-8-18(15)19(27)22-20-23-24-21(32-20)33(28,29)25-16-9-11-17(12-10-16)34(30,31)26-13-5-2-6-14-26/h3-4,7-12,25H,2,5-6,13-14H2,1H3,(H,22,23,27). The largest absolute Gasteiger partial charge is 0.296 e. The molecule has 1 saturated heterocycles. The van der Waals surface area contributed by atoms with Gasteiger partial charge in [0, 0.05) is 24.3 Å². The van der Waals surface area contributed by atoms with Crippen LogP contribution >= 0.6 is 11.3 Å². The number of nitrogens with one attached hydrogen (secondary N) is 2. The first-order chi connectivity index (χ1) is 16.2. The van der Waals surface area contributed by atoms with E-state index < -0.39 is 26.0 Å². The average molecular weight is 522 g/mol. The molecular weight excluding hydrogens is 498 g/mol.